The highest BCUT2D eigenvalue weighted by molar-refractivity contribution is 5.79. The number of hydrogen-bond donors (Lipinski definition) is 5. The number of carboxylic acids is 1. The summed E-state index contributed by atoms with van der Waals surface area (Å²) < 4.78 is 23.1. The second-order valence-electron chi connectivity index (χ2n) is 28.6. The minimum absolute atomic E-state index is 0.0828. The van der Waals surface area contributed by atoms with Crippen LogP contribution in [-0.4, -0.2) is 96.1 Å². The van der Waals surface area contributed by atoms with Gasteiger partial charge in [0, 0.05) is 39.2 Å². The topological polar surface area (TPSA) is 223 Å². The van der Waals surface area contributed by atoms with E-state index < -0.39 is 61.0 Å². The largest absolute Gasteiger partial charge is 0.481 e. The average molecular weight is 1070 g/mol. The van der Waals surface area contributed by atoms with Gasteiger partial charge in [-0.2, -0.15) is 0 Å². The number of benzene rings is 1. The lowest BCUT2D eigenvalue weighted by molar-refractivity contribution is -0.264. The first-order valence-corrected chi connectivity index (χ1v) is 28.9. The zero-order chi connectivity index (χ0) is 56.8. The van der Waals surface area contributed by atoms with Crippen LogP contribution in [0.25, 0.3) is 0 Å². The number of aliphatic hydroxyl groups is 4. The molecule has 1 aromatic rings. The molecule has 12 fully saturated rings. The number of rotatable bonds is 13. The molecule has 14 heteroatoms. The standard InChI is InChI=1S/C17H26O4.C16H26O4.C16H26O3.C12H16O2.CH4O/c1-4-15(2,3)14(20)21-17-8-11-5-12(9-17)7-16(6-11,10-17)13(18)19;1-4-13(2,3)12(17)20-16-7-11-5-14(18,9-16)8-15(19,6-11)10-16;1-4-14(2,3)13(17)19-16-8-11-5-12(9-16)7-15(18,6-11)10-16;1-4-12(2,3)11(13)14-10-8-6-5-7-9-10;1-2/h11-12H,4-10H2,1-3H3,(H,18,19);11,18-19H,4-10H2,1-3H3;11-12,18H,4-10H2,1-3H3;5-9H,4H2,1-3H3;2H,1H3. The molecular formula is C62H98O14. The second-order valence-corrected chi connectivity index (χ2v) is 28.6. The van der Waals surface area contributed by atoms with Gasteiger partial charge >= 0.3 is 29.8 Å². The predicted molar refractivity (Wildman–Crippen MR) is 288 cm³/mol. The summed E-state index contributed by atoms with van der Waals surface area (Å²) in [6.07, 6.45) is 17.3. The van der Waals surface area contributed by atoms with Gasteiger partial charge in [0.25, 0.3) is 0 Å². The number of aliphatic hydroxyl groups excluding tert-OH is 1. The highest BCUT2D eigenvalue weighted by Crippen LogP contribution is 2.64. The van der Waals surface area contributed by atoms with Crippen LogP contribution < -0.4 is 4.74 Å². The van der Waals surface area contributed by atoms with E-state index >= 15 is 0 Å². The molecule has 5 N–H and O–H groups in total. The van der Waals surface area contributed by atoms with E-state index in [1.54, 1.807) is 12.1 Å². The van der Waals surface area contributed by atoms with Gasteiger partial charge in [-0.1, -0.05) is 45.9 Å². The molecule has 6 unspecified atom stereocenters. The molecule has 12 saturated carbocycles. The van der Waals surface area contributed by atoms with E-state index in [1.807, 2.05) is 101 Å². The fourth-order valence-electron chi connectivity index (χ4n) is 15.5. The zero-order valence-electron chi connectivity index (χ0n) is 48.7. The normalized spacial score (nSPS) is 36.8. The summed E-state index contributed by atoms with van der Waals surface area (Å²) in [4.78, 5) is 60.7. The lowest BCUT2D eigenvalue weighted by Gasteiger charge is -2.62. The van der Waals surface area contributed by atoms with Crippen molar-refractivity contribution < 1.29 is 68.5 Å². The maximum absolute atomic E-state index is 12.5. The molecule has 430 valence electrons. The van der Waals surface area contributed by atoms with Gasteiger partial charge < -0.3 is 44.5 Å². The third-order valence-electron chi connectivity index (χ3n) is 20.0. The Morgan fingerprint density at radius 1 is 0.447 bits per heavy atom. The summed E-state index contributed by atoms with van der Waals surface area (Å²) in [5.74, 6) is 1.53. The number of hydrogen-bond acceptors (Lipinski definition) is 13. The van der Waals surface area contributed by atoms with Crippen LogP contribution in [-0.2, 0) is 38.2 Å². The van der Waals surface area contributed by atoms with E-state index in [9.17, 15) is 44.4 Å². The first kappa shape index (κ1) is 61.6. The number of aliphatic carboxylic acids is 1. The van der Waals surface area contributed by atoms with Gasteiger partial charge in [-0.3, -0.25) is 24.0 Å². The number of carbonyl (C=O) groups excluding carboxylic acids is 4. The first-order valence-electron chi connectivity index (χ1n) is 28.9. The summed E-state index contributed by atoms with van der Waals surface area (Å²) in [6, 6.07) is 9.15. The SMILES string of the molecule is CCC(C)(C)C(=O)OC12CC3CC(C1)CC(C(=O)O)(C3)C2.CCC(C)(C)C(=O)OC12CC3CC(CC(O)(C3)C1)C2.CCC(C)(C)C(=O)OC12CC3CC(O)(CC(O)(C3)C1)C2.CCC(C)(C)C(=O)Oc1ccccc1.CO. The van der Waals surface area contributed by atoms with Crippen molar-refractivity contribution in [2.24, 2.45) is 56.7 Å². The van der Waals surface area contributed by atoms with Crippen LogP contribution >= 0.6 is 0 Å². The molecule has 14 nitrogen and oxygen atoms in total. The van der Waals surface area contributed by atoms with Crippen LogP contribution in [0.15, 0.2) is 30.3 Å². The van der Waals surface area contributed by atoms with Gasteiger partial charge in [0.05, 0.1) is 43.9 Å². The van der Waals surface area contributed by atoms with Crippen molar-refractivity contribution in [2.75, 3.05) is 7.11 Å². The Balaban J connectivity index is 0.000000164. The molecular weight excluding hydrogens is 969 g/mol. The van der Waals surface area contributed by atoms with Crippen LogP contribution in [0.4, 0.5) is 0 Å². The smallest absolute Gasteiger partial charge is 0.316 e. The molecule has 0 saturated heterocycles. The fraction of sp³-hybridized carbons (Fsp3) is 0.823. The van der Waals surface area contributed by atoms with Crippen LogP contribution in [0.3, 0.4) is 0 Å². The van der Waals surface area contributed by atoms with Gasteiger partial charge in [0.15, 0.2) is 0 Å². The molecule has 0 heterocycles. The van der Waals surface area contributed by atoms with Crippen molar-refractivity contribution in [3.05, 3.63) is 30.3 Å². The van der Waals surface area contributed by atoms with Crippen LogP contribution in [0, 0.1) is 56.7 Å². The number of ether oxygens (including phenoxy) is 4. The monoisotopic (exact) mass is 1070 g/mol. The number of para-hydroxylation sites is 1. The Kier molecular flexibility index (Phi) is 18.0. The van der Waals surface area contributed by atoms with Gasteiger partial charge in [0.2, 0.25) is 0 Å². The van der Waals surface area contributed by atoms with Crippen molar-refractivity contribution in [2.45, 2.75) is 258 Å². The molecule has 0 radical (unpaired) electrons. The molecule has 13 rings (SSSR count). The van der Waals surface area contributed by atoms with E-state index in [4.69, 9.17) is 24.1 Å². The average Bonchev–Trinajstić information content (AvgIpc) is 3.30. The molecule has 76 heavy (non-hydrogen) atoms. The number of esters is 4. The number of carboxylic acid groups (broad SMARTS) is 1. The second kappa shape index (κ2) is 22.2. The first-order chi connectivity index (χ1) is 35.1. The maximum Gasteiger partial charge on any atom is 0.316 e. The minimum Gasteiger partial charge on any atom is -0.481 e. The van der Waals surface area contributed by atoms with Gasteiger partial charge in [-0.05, 0) is 206 Å². The highest BCUT2D eigenvalue weighted by atomic mass is 16.6. The van der Waals surface area contributed by atoms with E-state index in [0.29, 0.717) is 61.5 Å². The van der Waals surface area contributed by atoms with Crippen molar-refractivity contribution in [3.8, 4) is 5.75 Å². The lowest BCUT2D eigenvalue weighted by atomic mass is 9.48. The molecule has 0 aromatic heterocycles. The molecule has 12 bridgehead atoms. The van der Waals surface area contributed by atoms with Crippen molar-refractivity contribution >= 4 is 29.8 Å². The van der Waals surface area contributed by atoms with Crippen LogP contribution in [0.1, 0.15) is 224 Å². The molecule has 0 spiro atoms. The fourth-order valence-corrected chi connectivity index (χ4v) is 15.5. The molecule has 6 atom stereocenters. The Labute approximate surface area is 454 Å². The number of carbonyl (C=O) groups is 5. The summed E-state index contributed by atoms with van der Waals surface area (Å²) in [6.45, 7) is 23.2. The minimum atomic E-state index is -0.842. The predicted octanol–water partition coefficient (Wildman–Crippen LogP) is 11.2. The highest BCUT2D eigenvalue weighted by Gasteiger charge is 2.66. The molecule has 0 aliphatic heterocycles. The molecule has 0 amide bonds. The Bertz CT molecular complexity index is 2200. The third kappa shape index (κ3) is 13.5. The third-order valence-corrected chi connectivity index (χ3v) is 20.0. The Morgan fingerprint density at radius 3 is 1.14 bits per heavy atom. The summed E-state index contributed by atoms with van der Waals surface area (Å²) in [5, 5.41) is 48.7. The van der Waals surface area contributed by atoms with Crippen LogP contribution in [0.2, 0.25) is 0 Å². The Hall–Kier alpha value is -3.59. The van der Waals surface area contributed by atoms with Gasteiger partial charge in [0.1, 0.15) is 22.6 Å². The lowest BCUT2D eigenvalue weighted by Crippen LogP contribution is -2.67. The summed E-state index contributed by atoms with van der Waals surface area (Å²) in [7, 11) is 1.00. The molecule has 12 aliphatic carbocycles. The van der Waals surface area contributed by atoms with Crippen molar-refractivity contribution in [1.82, 2.24) is 0 Å². The van der Waals surface area contributed by atoms with E-state index in [1.165, 1.54) is 6.42 Å². The zero-order valence-corrected chi connectivity index (χ0v) is 48.7. The van der Waals surface area contributed by atoms with Gasteiger partial charge in [-0.25, -0.2) is 0 Å². The van der Waals surface area contributed by atoms with E-state index in [2.05, 4.69) is 0 Å². The summed E-state index contributed by atoms with van der Waals surface area (Å²) in [5.41, 5.74) is -6.20. The van der Waals surface area contributed by atoms with Crippen LogP contribution in [0.5, 0.6) is 5.75 Å². The quantitative estimate of drug-likeness (QED) is 0.0704. The van der Waals surface area contributed by atoms with Crippen molar-refractivity contribution in [3.63, 3.8) is 0 Å². The van der Waals surface area contributed by atoms with E-state index in [-0.39, 0.29) is 35.4 Å². The summed E-state index contributed by atoms with van der Waals surface area (Å²) >= 11 is 0. The molecule has 1 aromatic carbocycles. The van der Waals surface area contributed by atoms with E-state index in [0.717, 1.165) is 110 Å². The Morgan fingerprint density at radius 2 is 0.776 bits per heavy atom. The van der Waals surface area contributed by atoms with Gasteiger partial charge in [-0.15, -0.1) is 0 Å². The maximum atomic E-state index is 12.5. The van der Waals surface area contributed by atoms with Crippen molar-refractivity contribution in [1.29, 1.82) is 0 Å². The molecule has 12 aliphatic rings.